The van der Waals surface area contributed by atoms with E-state index in [1.165, 1.54) is 23.9 Å². The van der Waals surface area contributed by atoms with Gasteiger partial charge in [0.1, 0.15) is 0 Å². The van der Waals surface area contributed by atoms with Gasteiger partial charge in [0, 0.05) is 30.9 Å². The molecule has 3 atom stereocenters. The van der Waals surface area contributed by atoms with E-state index < -0.39 is 0 Å². The molecule has 3 heterocycles. The monoisotopic (exact) mass is 282 g/mol. The van der Waals surface area contributed by atoms with Crippen LogP contribution in [0.15, 0.2) is 36.4 Å². The zero-order valence-corrected chi connectivity index (χ0v) is 12.5. The molecule has 2 aliphatic heterocycles. The van der Waals surface area contributed by atoms with Gasteiger partial charge in [-0.1, -0.05) is 24.3 Å². The number of hydrogen-bond donors (Lipinski definition) is 0. The van der Waals surface area contributed by atoms with E-state index in [2.05, 4.69) is 48.2 Å². The normalized spacial score (nSPS) is 29.7. The van der Waals surface area contributed by atoms with Crippen LogP contribution in [-0.4, -0.2) is 35.2 Å². The Bertz CT molecular complexity index is 642. The lowest BCUT2D eigenvalue weighted by Gasteiger charge is -2.33. The third-order valence-corrected chi connectivity index (χ3v) is 4.83. The smallest absolute Gasteiger partial charge is 0.0705 e. The summed E-state index contributed by atoms with van der Waals surface area (Å²) < 4.78 is 5.98. The van der Waals surface area contributed by atoms with Crippen molar-refractivity contribution in [2.45, 2.75) is 38.5 Å². The number of benzene rings is 1. The maximum atomic E-state index is 5.98. The van der Waals surface area contributed by atoms with E-state index in [0.717, 1.165) is 25.2 Å². The van der Waals surface area contributed by atoms with E-state index in [0.29, 0.717) is 18.1 Å². The fourth-order valence-electron chi connectivity index (χ4n) is 3.84. The quantitative estimate of drug-likeness (QED) is 0.845. The number of nitrogens with zero attached hydrogens (tertiary/aromatic N) is 2. The molecule has 0 spiro atoms. The fourth-order valence-corrected chi connectivity index (χ4v) is 3.84. The van der Waals surface area contributed by atoms with Gasteiger partial charge in [0.2, 0.25) is 0 Å². The van der Waals surface area contributed by atoms with Gasteiger partial charge in [-0.05, 0) is 31.9 Å². The molecule has 0 aliphatic carbocycles. The van der Waals surface area contributed by atoms with Crippen molar-refractivity contribution in [2.24, 2.45) is 5.92 Å². The number of para-hydroxylation sites is 1. The Morgan fingerprint density at radius 2 is 2.14 bits per heavy atom. The number of hydrogen-bond acceptors (Lipinski definition) is 3. The molecule has 21 heavy (non-hydrogen) atoms. The predicted octanol–water partition coefficient (Wildman–Crippen LogP) is 3.23. The number of pyridine rings is 1. The maximum Gasteiger partial charge on any atom is 0.0705 e. The molecular weight excluding hydrogens is 260 g/mol. The number of likely N-dealkylation sites (tertiary alicyclic amines) is 1. The third-order valence-electron chi connectivity index (χ3n) is 4.83. The second-order valence-electron chi connectivity index (χ2n) is 6.50. The second-order valence-corrected chi connectivity index (χ2v) is 6.50. The summed E-state index contributed by atoms with van der Waals surface area (Å²) in [5.41, 5.74) is 2.28. The average Bonchev–Trinajstić information content (AvgIpc) is 2.86. The third kappa shape index (κ3) is 2.68. The molecule has 2 aliphatic rings. The second kappa shape index (κ2) is 5.39. The van der Waals surface area contributed by atoms with Gasteiger partial charge in [-0.25, -0.2) is 0 Å². The molecule has 0 radical (unpaired) electrons. The highest BCUT2D eigenvalue weighted by Gasteiger charge is 2.37. The van der Waals surface area contributed by atoms with E-state index in [1.807, 2.05) is 0 Å². The van der Waals surface area contributed by atoms with Crippen molar-refractivity contribution in [3.63, 3.8) is 0 Å². The van der Waals surface area contributed by atoms with Crippen LogP contribution in [0.3, 0.4) is 0 Å². The largest absolute Gasteiger partial charge is 0.375 e. The number of ether oxygens (including phenoxy) is 1. The summed E-state index contributed by atoms with van der Waals surface area (Å²) >= 11 is 0. The van der Waals surface area contributed by atoms with Gasteiger partial charge in [0.05, 0.1) is 23.4 Å². The molecule has 110 valence electrons. The van der Waals surface area contributed by atoms with Gasteiger partial charge in [0.15, 0.2) is 0 Å². The minimum absolute atomic E-state index is 0.443. The molecule has 0 saturated carbocycles. The van der Waals surface area contributed by atoms with Gasteiger partial charge in [0.25, 0.3) is 0 Å². The Hall–Kier alpha value is -1.45. The lowest BCUT2D eigenvalue weighted by atomic mass is 9.93. The summed E-state index contributed by atoms with van der Waals surface area (Å²) in [5.74, 6) is 0.717. The summed E-state index contributed by atoms with van der Waals surface area (Å²) in [6.45, 7) is 5.45. The predicted molar refractivity (Wildman–Crippen MR) is 84.1 cm³/mol. The van der Waals surface area contributed by atoms with Gasteiger partial charge in [-0.2, -0.15) is 0 Å². The number of fused-ring (bicyclic) bond motifs is 2. The zero-order valence-electron chi connectivity index (χ0n) is 12.5. The lowest BCUT2D eigenvalue weighted by molar-refractivity contribution is 0.00563. The van der Waals surface area contributed by atoms with Gasteiger partial charge >= 0.3 is 0 Å². The molecule has 0 amide bonds. The summed E-state index contributed by atoms with van der Waals surface area (Å²) in [7, 11) is 0. The Morgan fingerprint density at radius 3 is 3.10 bits per heavy atom. The van der Waals surface area contributed by atoms with Crippen LogP contribution >= 0.6 is 0 Å². The van der Waals surface area contributed by atoms with Crippen LogP contribution in [-0.2, 0) is 11.3 Å². The van der Waals surface area contributed by atoms with Crippen LogP contribution in [0.25, 0.3) is 10.9 Å². The van der Waals surface area contributed by atoms with Gasteiger partial charge in [-0.3, -0.25) is 9.88 Å². The highest BCUT2D eigenvalue weighted by Crippen LogP contribution is 2.33. The Balaban J connectivity index is 1.47. The van der Waals surface area contributed by atoms with E-state index in [1.54, 1.807) is 0 Å². The molecule has 2 saturated heterocycles. The van der Waals surface area contributed by atoms with Crippen LogP contribution in [0, 0.1) is 5.92 Å². The first-order chi connectivity index (χ1) is 10.3. The molecular formula is C18H22N2O. The SMILES string of the molecule is C[C@@H]1C[C@@H]2CN(Cc3ccc4ccccc4n3)CC[C@H]2O1. The van der Waals surface area contributed by atoms with E-state index in [-0.39, 0.29) is 0 Å². The summed E-state index contributed by atoms with van der Waals surface area (Å²) in [6, 6.07) is 12.7. The maximum absolute atomic E-state index is 5.98. The van der Waals surface area contributed by atoms with Gasteiger partial charge < -0.3 is 4.74 Å². The number of rotatable bonds is 2. The minimum Gasteiger partial charge on any atom is -0.375 e. The summed E-state index contributed by atoms with van der Waals surface area (Å²) in [4.78, 5) is 7.34. The molecule has 0 N–H and O–H groups in total. The molecule has 1 aromatic carbocycles. The average molecular weight is 282 g/mol. The zero-order chi connectivity index (χ0) is 14.2. The molecule has 1 aromatic heterocycles. The Kier molecular flexibility index (Phi) is 3.40. The summed E-state index contributed by atoms with van der Waals surface area (Å²) in [5, 5.41) is 1.22. The van der Waals surface area contributed by atoms with E-state index in [9.17, 15) is 0 Å². The van der Waals surface area contributed by atoms with Crippen LogP contribution in [0.2, 0.25) is 0 Å². The first kappa shape index (κ1) is 13.2. The molecule has 0 unspecified atom stereocenters. The van der Waals surface area contributed by atoms with E-state index in [4.69, 9.17) is 9.72 Å². The molecule has 3 nitrogen and oxygen atoms in total. The van der Waals surface area contributed by atoms with Crippen molar-refractivity contribution in [1.29, 1.82) is 0 Å². The van der Waals surface area contributed by atoms with Crippen LogP contribution in [0.5, 0.6) is 0 Å². The molecule has 4 rings (SSSR count). The van der Waals surface area contributed by atoms with E-state index >= 15 is 0 Å². The molecule has 0 bridgehead atoms. The van der Waals surface area contributed by atoms with Crippen LogP contribution in [0.4, 0.5) is 0 Å². The Labute approximate surface area is 125 Å². The van der Waals surface area contributed by atoms with Gasteiger partial charge in [-0.15, -0.1) is 0 Å². The first-order valence-electron chi connectivity index (χ1n) is 8.00. The molecule has 2 aromatic rings. The van der Waals surface area contributed by atoms with Crippen molar-refractivity contribution in [1.82, 2.24) is 9.88 Å². The topological polar surface area (TPSA) is 25.4 Å². The highest BCUT2D eigenvalue weighted by atomic mass is 16.5. The van der Waals surface area contributed by atoms with Crippen molar-refractivity contribution < 1.29 is 4.74 Å². The van der Waals surface area contributed by atoms with Crippen molar-refractivity contribution >= 4 is 10.9 Å². The molecule has 3 heteroatoms. The standard InChI is InChI=1S/C18H22N2O/c1-13-10-15-11-20(9-8-18(15)21-13)12-16-7-6-14-4-2-3-5-17(14)19-16/h2-7,13,15,18H,8-12H2,1H3/t13-,15-,18-/m1/s1. The fraction of sp³-hybridized carbons (Fsp3) is 0.500. The van der Waals surface area contributed by atoms with Crippen LogP contribution in [0.1, 0.15) is 25.5 Å². The lowest BCUT2D eigenvalue weighted by Crippen LogP contribution is -2.40. The van der Waals surface area contributed by atoms with Crippen LogP contribution < -0.4 is 0 Å². The van der Waals surface area contributed by atoms with Crippen molar-refractivity contribution in [3.05, 3.63) is 42.1 Å². The number of piperidine rings is 1. The molecule has 2 fully saturated rings. The summed E-state index contributed by atoms with van der Waals surface area (Å²) in [6.07, 6.45) is 3.33. The minimum atomic E-state index is 0.443. The number of aromatic nitrogens is 1. The first-order valence-corrected chi connectivity index (χ1v) is 8.00. The van der Waals surface area contributed by atoms with Crippen molar-refractivity contribution in [3.8, 4) is 0 Å². The van der Waals surface area contributed by atoms with Crippen molar-refractivity contribution in [2.75, 3.05) is 13.1 Å². The highest BCUT2D eigenvalue weighted by molar-refractivity contribution is 5.78. The Morgan fingerprint density at radius 1 is 1.24 bits per heavy atom.